The van der Waals surface area contributed by atoms with E-state index in [0.29, 0.717) is 38.9 Å². The molecule has 6 aromatic rings. The van der Waals surface area contributed by atoms with Crippen molar-refractivity contribution in [3.8, 4) is 45.7 Å². The summed E-state index contributed by atoms with van der Waals surface area (Å²) in [5, 5.41) is 33.2. The van der Waals surface area contributed by atoms with E-state index < -0.39 is 79.9 Å². The average Bonchev–Trinajstić information content (AvgIpc) is 3.95. The molecule has 428 valence electrons. The Balaban J connectivity index is 0.000000308. The largest absolute Gasteiger partial charge is 1.00 e. The maximum Gasteiger partial charge on any atom is -1.00 e. The van der Waals surface area contributed by atoms with Crippen molar-refractivity contribution in [2.45, 2.75) is 120 Å². The number of nitrogens with two attached hydrogens (primary N) is 1. The molecule has 0 radical (unpaired) electrons. The van der Waals surface area contributed by atoms with E-state index in [1.54, 1.807) is 79.9 Å². The number of nitrogen functional groups attached to an aromatic ring is 1. The molecule has 31 heteroatoms. The zero-order valence-corrected chi connectivity index (χ0v) is 51.9. The summed E-state index contributed by atoms with van der Waals surface area (Å²) in [6, 6.07) is 3.36. The molecular weight excluding hydrogens is 1320 g/mol. The number of imide groups is 1. The predicted molar refractivity (Wildman–Crippen MR) is 285 cm³/mol. The van der Waals surface area contributed by atoms with Gasteiger partial charge in [0.15, 0.2) is 5.82 Å². The number of nitrogens with one attached hydrogen (secondary N) is 2. The van der Waals surface area contributed by atoms with Gasteiger partial charge in [0.1, 0.15) is 33.7 Å². The van der Waals surface area contributed by atoms with Gasteiger partial charge in [0, 0.05) is 24.5 Å². The number of nitrogens with zero attached hydrogens (tertiary/aromatic N) is 13. The van der Waals surface area contributed by atoms with E-state index in [1.807, 2.05) is 0 Å². The van der Waals surface area contributed by atoms with E-state index in [9.17, 15) is 37.4 Å². The van der Waals surface area contributed by atoms with Gasteiger partial charge in [0.05, 0.1) is 38.4 Å². The number of hydrogen-bond acceptors (Lipinski definition) is 21. The minimum absolute atomic E-state index is 0. The van der Waals surface area contributed by atoms with Crippen molar-refractivity contribution in [2.24, 2.45) is 0 Å². The molecule has 0 aliphatic heterocycles. The number of methoxy groups -OCH3 is 2. The Hall–Kier alpha value is -5.87. The van der Waals surface area contributed by atoms with Gasteiger partial charge in [-0.25, -0.2) is 48.3 Å². The van der Waals surface area contributed by atoms with Crippen molar-refractivity contribution < 1.29 is 80.3 Å². The van der Waals surface area contributed by atoms with Crippen LogP contribution in [0.4, 0.5) is 50.7 Å². The molecule has 0 fully saturated rings. The van der Waals surface area contributed by atoms with Crippen LogP contribution in [0.2, 0.25) is 14.8 Å². The number of alkyl halides is 4. The smallest absolute Gasteiger partial charge is 1.00 e. The molecule has 6 heterocycles. The number of ether oxygens (including phenoxy) is 4. The maximum absolute atomic E-state index is 12.9. The van der Waals surface area contributed by atoms with Gasteiger partial charge in [-0.15, -0.1) is 0 Å². The zero-order valence-electron chi connectivity index (χ0n) is 45.3. The zero-order chi connectivity index (χ0) is 57.6. The van der Waals surface area contributed by atoms with Gasteiger partial charge in [0.25, 0.3) is 18.2 Å². The van der Waals surface area contributed by atoms with Crippen molar-refractivity contribution in [2.75, 3.05) is 48.6 Å². The summed E-state index contributed by atoms with van der Waals surface area (Å²) in [4.78, 5) is 65.6. The van der Waals surface area contributed by atoms with Gasteiger partial charge in [-0.3, -0.25) is 4.68 Å². The van der Waals surface area contributed by atoms with E-state index in [-0.39, 0.29) is 71.3 Å². The number of aliphatic hydroxyl groups is 2. The van der Waals surface area contributed by atoms with Gasteiger partial charge in [0.2, 0.25) is 11.8 Å². The summed E-state index contributed by atoms with van der Waals surface area (Å²) < 4.78 is 75.6. The second kappa shape index (κ2) is 29.4. The monoisotopic (exact) mass is 1380 g/mol. The Morgan fingerprint density at radius 2 is 1.19 bits per heavy atom. The van der Waals surface area contributed by atoms with E-state index in [0.717, 1.165) is 14.0 Å². The first-order valence-electron chi connectivity index (χ1n) is 23.6. The molecular formula is C47H65BrF4IN16O8Sn-. The summed E-state index contributed by atoms with van der Waals surface area (Å²) in [5.41, 5.74) is 6.99. The topological polar surface area (TPSA) is 304 Å². The third kappa shape index (κ3) is 21.1. The van der Waals surface area contributed by atoms with Crippen LogP contribution >= 0.6 is 15.9 Å². The Bertz CT molecular complexity index is 2880. The molecule has 2 amide bonds. The number of aromatic nitrogens is 12. The van der Waals surface area contributed by atoms with Crippen LogP contribution in [-0.2, 0) is 22.6 Å². The first-order valence-corrected chi connectivity index (χ1v) is 34.4. The number of hydrogen-bond donors (Lipinski definition) is 5. The van der Waals surface area contributed by atoms with Crippen molar-refractivity contribution in [3.05, 3.63) is 53.9 Å². The summed E-state index contributed by atoms with van der Waals surface area (Å²) in [6.07, 6.45) is 0.900. The van der Waals surface area contributed by atoms with Gasteiger partial charge in [-0.05, 0) is 70.5 Å². The van der Waals surface area contributed by atoms with Crippen LogP contribution in [0.1, 0.15) is 55.4 Å². The molecule has 0 unspecified atom stereocenters. The Labute approximate surface area is 478 Å². The molecule has 6 aromatic heterocycles. The summed E-state index contributed by atoms with van der Waals surface area (Å²) in [7, 11) is 2.74. The second-order valence-corrected chi connectivity index (χ2v) is 34.7. The van der Waals surface area contributed by atoms with E-state index in [1.165, 1.54) is 43.7 Å². The number of amides is 2. The van der Waals surface area contributed by atoms with Crippen LogP contribution in [0.25, 0.3) is 33.9 Å². The van der Waals surface area contributed by atoms with E-state index >= 15 is 0 Å². The van der Waals surface area contributed by atoms with Crippen molar-refractivity contribution in [1.82, 2.24) is 59.4 Å². The third-order valence-electron chi connectivity index (χ3n) is 9.31. The van der Waals surface area contributed by atoms with Gasteiger partial charge < -0.3 is 59.1 Å². The predicted octanol–water partition coefficient (Wildman–Crippen LogP) is 4.32. The SMILES string of the molecule is COc1nc(-c2nn(CC(F)F)cc2-c2ccnc(NC[C@H](C)O)n2)cnc1N.COc1nc(Br)cnc1N(C(=O)OC(C)(C)C)C(=O)OC(C)(C)C.C[C@H](O)CNc1nccc(-c2cn(CC(F)F)n[c]2[Sn]([CH3])([CH3])[CH3])n1.[I-]. The van der Waals surface area contributed by atoms with Crippen LogP contribution in [0, 0.1) is 0 Å². The Kier molecular flexibility index (Phi) is 25.0. The molecule has 2 atom stereocenters. The van der Waals surface area contributed by atoms with Crippen molar-refractivity contribution >= 4 is 73.7 Å². The standard InChI is InChI=1S/C17H20F2N8O2.C15H22BrN3O5.C12H14F2N5O.3CH3.HI.Sn/c1-9(28)5-23-17-21-4-3-11(25-17)10-7-27(8-13(18)19)26-14(10)12-6-22-15(20)16(24-12)29-2;1-14(2,3)23-12(20)19(13(21)24-15(4,5)6)10-11(22-7)18-9(16)8-17-10;1-8(20)4-16-12-15-3-2-10(18-12)9-5-17-19(6-9)7-11(13)14;;;;;/h3-4,6-7,9,13,28H,5,8H2,1-2H3,(H2,20,22)(H,21,23,25);8H,1-7H3;2-3,6,8,11,20H,4,7H2,1H3,(H,15,16,18);3*1H3;1H;/p-1/t9-;;8-;;;;;/m0.0...../s1. The van der Waals surface area contributed by atoms with Crippen LogP contribution in [-0.4, -0.2) is 164 Å². The van der Waals surface area contributed by atoms with Crippen LogP contribution in [0.15, 0.2) is 53.9 Å². The molecule has 0 aliphatic rings. The maximum atomic E-state index is 12.9. The quantitative estimate of drug-likeness (QED) is 0.0482. The first kappa shape index (κ1) is 66.4. The van der Waals surface area contributed by atoms with Crippen molar-refractivity contribution in [3.63, 3.8) is 0 Å². The number of anilines is 4. The molecule has 0 spiro atoms. The average molecular weight is 1380 g/mol. The number of carbonyl (C=O) groups is 2. The number of carbonyl (C=O) groups excluding carboxylic acids is 2. The number of rotatable bonds is 17. The first-order chi connectivity index (χ1) is 35.9. The van der Waals surface area contributed by atoms with Crippen LogP contribution in [0.3, 0.4) is 0 Å². The van der Waals surface area contributed by atoms with Crippen LogP contribution in [0.5, 0.6) is 11.8 Å². The molecule has 0 bridgehead atoms. The van der Waals surface area contributed by atoms with Gasteiger partial charge in [-0.1, -0.05) is 0 Å². The molecule has 6 rings (SSSR count). The summed E-state index contributed by atoms with van der Waals surface area (Å²) in [6.45, 7) is 13.0. The van der Waals surface area contributed by atoms with Crippen LogP contribution < -0.4 is 58.4 Å². The molecule has 0 aliphatic carbocycles. The second-order valence-electron chi connectivity index (χ2n) is 19.7. The number of halogens is 6. The fourth-order valence-corrected chi connectivity index (χ4v) is 10.6. The minimum Gasteiger partial charge on any atom is -1.00 e. The Morgan fingerprint density at radius 3 is 1.64 bits per heavy atom. The van der Waals surface area contributed by atoms with E-state index in [2.05, 4.69) is 91.5 Å². The number of aliphatic hydroxyl groups excluding tert-OH is 2. The normalized spacial score (nSPS) is 12.2. The molecule has 6 N–H and O–H groups in total. The molecule has 24 nitrogen and oxygen atoms in total. The molecule has 78 heavy (non-hydrogen) atoms. The summed E-state index contributed by atoms with van der Waals surface area (Å²) >= 11 is 0.531. The van der Waals surface area contributed by atoms with E-state index in [4.69, 9.17) is 24.7 Å². The fourth-order valence-electron chi connectivity index (χ4n) is 6.24. The molecule has 0 aromatic carbocycles. The third-order valence-corrected chi connectivity index (χ3v) is 14.8. The molecule has 0 saturated carbocycles. The summed E-state index contributed by atoms with van der Waals surface area (Å²) in [5.74, 6) is 0.711. The Morgan fingerprint density at radius 1 is 0.718 bits per heavy atom. The minimum atomic E-state index is -2.62. The molecule has 0 saturated heterocycles. The van der Waals surface area contributed by atoms with Gasteiger partial charge >= 0.3 is 156 Å². The fraction of sp³-hybridized carbons (Fsp3) is 0.489. The van der Waals surface area contributed by atoms with Crippen molar-refractivity contribution in [1.29, 1.82) is 0 Å². The van der Waals surface area contributed by atoms with Gasteiger partial charge in [-0.2, -0.15) is 10.00 Å².